The molecule has 5 amide bonds. The summed E-state index contributed by atoms with van der Waals surface area (Å²) < 4.78 is 38.9. The number of sulfonamides is 1. The summed E-state index contributed by atoms with van der Waals surface area (Å²) in [6.45, 7) is 11.9. The fraction of sp³-hybridized carbons (Fsp3) is 0.578. The van der Waals surface area contributed by atoms with E-state index < -0.39 is 86.1 Å². The number of nitrogens with one attached hydrogen (secondary N) is 4. The fourth-order valence-electron chi connectivity index (χ4n) is 8.17. The predicted octanol–water partition coefficient (Wildman–Crippen LogP) is 5.29. The summed E-state index contributed by atoms with van der Waals surface area (Å²) in [5, 5.41) is 24.2. The molecule has 2 fully saturated rings. The average Bonchev–Trinajstić information content (AvgIpc) is 3.50. The van der Waals surface area contributed by atoms with E-state index in [1.54, 1.807) is 52.1 Å². The van der Waals surface area contributed by atoms with Gasteiger partial charge in [0.1, 0.15) is 47.0 Å². The number of likely N-dealkylation sites (N-methyl/N-ethyl adjacent to an activating group) is 1. The number of hydrogen-bond acceptors (Lipinski definition) is 13. The normalized spacial score (nSPS) is 23.9. The highest BCUT2D eigenvalue weighted by atomic mass is 32.2. The number of aliphatic carboxylic acids is 1. The number of hydrogen-bond donors (Lipinski definition) is 5. The van der Waals surface area contributed by atoms with Crippen LogP contribution in [0, 0.1) is 11.3 Å². The lowest BCUT2D eigenvalue weighted by Crippen LogP contribution is -2.60. The minimum atomic E-state index is -4.03. The minimum Gasteiger partial charge on any atom is -0.497 e. The number of carbonyl (C=O) groups excluding carboxylic acids is 4. The summed E-state index contributed by atoms with van der Waals surface area (Å²) in [5.41, 5.74) is -0.828. The molecule has 354 valence electrons. The second kappa shape index (κ2) is 19.5. The highest BCUT2D eigenvalue weighted by Gasteiger charge is 2.61. The van der Waals surface area contributed by atoms with Crippen LogP contribution in [0.4, 0.5) is 9.93 Å². The maximum Gasteiger partial charge on any atom is 0.330 e. The van der Waals surface area contributed by atoms with Gasteiger partial charge in [0.15, 0.2) is 5.13 Å². The van der Waals surface area contributed by atoms with Gasteiger partial charge in [-0.3, -0.25) is 14.4 Å². The largest absolute Gasteiger partial charge is 0.497 e. The summed E-state index contributed by atoms with van der Waals surface area (Å²) >= 11 is 1.43. The molecule has 2 aromatic heterocycles. The Morgan fingerprint density at radius 1 is 1.06 bits per heavy atom. The second-order valence-electron chi connectivity index (χ2n) is 18.7. The number of carbonyl (C=O) groups is 5. The van der Waals surface area contributed by atoms with Gasteiger partial charge in [-0.05, 0) is 70.9 Å². The molecule has 0 spiro atoms. The van der Waals surface area contributed by atoms with E-state index in [1.165, 1.54) is 30.1 Å². The van der Waals surface area contributed by atoms with Gasteiger partial charge in [-0.25, -0.2) is 32.3 Å². The summed E-state index contributed by atoms with van der Waals surface area (Å²) in [4.78, 5) is 80.6. The van der Waals surface area contributed by atoms with Gasteiger partial charge < -0.3 is 40.7 Å². The Balaban J connectivity index is 1.34. The SMILES string of the molecule is COc1ccc2c(O[C@@H]3C[C@H]4C(=O)N[C@]5(C(=O)O)CC5/C=C\CCCCC[C@@H](NC(=O)N[C@H](C(=O)N(C)S(=O)(=O)C(C)C)C(C)(C)C)C(=O)N4C3)cc(-c3csc(NC(C)C)n3)nc2c1. The van der Waals surface area contributed by atoms with E-state index in [0.29, 0.717) is 62.5 Å². The minimum absolute atomic E-state index is 0.0155. The average molecular weight is 939 g/mol. The molecule has 4 heterocycles. The van der Waals surface area contributed by atoms with E-state index in [-0.39, 0.29) is 31.8 Å². The van der Waals surface area contributed by atoms with Gasteiger partial charge in [-0.15, -0.1) is 11.3 Å². The van der Waals surface area contributed by atoms with Crippen molar-refractivity contribution in [3.63, 3.8) is 0 Å². The van der Waals surface area contributed by atoms with E-state index in [2.05, 4.69) is 21.3 Å². The number of aromatic nitrogens is 2. The van der Waals surface area contributed by atoms with Crippen LogP contribution >= 0.6 is 11.3 Å². The lowest BCUT2D eigenvalue weighted by atomic mass is 9.86. The van der Waals surface area contributed by atoms with Gasteiger partial charge in [-0.1, -0.05) is 45.8 Å². The summed E-state index contributed by atoms with van der Waals surface area (Å²) in [7, 11) is -1.33. The third-order valence-electron chi connectivity index (χ3n) is 12.1. The Morgan fingerprint density at radius 2 is 1.80 bits per heavy atom. The number of anilines is 1. The maximum atomic E-state index is 14.9. The number of carboxylic acids is 1. The van der Waals surface area contributed by atoms with Crippen molar-refractivity contribution in [1.29, 1.82) is 0 Å². The van der Waals surface area contributed by atoms with Crippen LogP contribution in [0.1, 0.15) is 93.4 Å². The van der Waals surface area contributed by atoms with Crippen molar-refractivity contribution in [2.24, 2.45) is 11.3 Å². The lowest BCUT2D eigenvalue weighted by Gasteiger charge is -2.34. The number of rotatable bonds is 12. The molecule has 65 heavy (non-hydrogen) atoms. The first kappa shape index (κ1) is 48.9. The number of pyridine rings is 1. The topological polar surface area (TPSA) is 239 Å². The van der Waals surface area contributed by atoms with Crippen molar-refractivity contribution in [2.45, 2.75) is 134 Å². The van der Waals surface area contributed by atoms with Crippen LogP contribution < -0.4 is 30.7 Å². The smallest absolute Gasteiger partial charge is 0.330 e. The number of carboxylic acid groups (broad SMARTS) is 1. The molecule has 1 unspecified atom stereocenters. The van der Waals surface area contributed by atoms with Crippen LogP contribution in [0.2, 0.25) is 0 Å². The van der Waals surface area contributed by atoms with E-state index in [9.17, 15) is 37.5 Å². The molecule has 0 bridgehead atoms. The number of nitrogens with zero attached hydrogens (tertiary/aromatic N) is 4. The maximum absolute atomic E-state index is 14.9. The van der Waals surface area contributed by atoms with Crippen LogP contribution in [-0.4, -0.2) is 124 Å². The Bertz CT molecular complexity index is 2430. The number of fused-ring (bicyclic) bond motifs is 3. The molecule has 5 N–H and O–H groups in total. The number of methoxy groups -OCH3 is 1. The molecule has 1 aromatic carbocycles. The number of allylic oxidation sites excluding steroid dienone is 1. The van der Waals surface area contributed by atoms with Crippen LogP contribution in [-0.2, 0) is 29.2 Å². The molecule has 6 atom stereocenters. The second-order valence-corrected chi connectivity index (χ2v) is 22.1. The first-order valence-corrected chi connectivity index (χ1v) is 24.4. The van der Waals surface area contributed by atoms with Crippen LogP contribution in [0.3, 0.4) is 0 Å². The molecule has 18 nitrogen and oxygen atoms in total. The monoisotopic (exact) mass is 938 g/mol. The third-order valence-corrected chi connectivity index (χ3v) is 15.0. The zero-order valence-electron chi connectivity index (χ0n) is 38.5. The Kier molecular flexibility index (Phi) is 14.7. The standard InChI is InChI=1S/C45H62N8O10S2/c1-25(2)46-43-49-34(24-64-43)33-21-36(30-18-17-28(62-9)19-32(30)47-33)63-29-20-35-38(54)51-45(41(57)58)22-27(45)15-13-11-10-12-14-16-31(39(55)53(35)23-29)48-42(59)50-37(44(5,6)7)40(56)52(8)65(60,61)26(3)4/h13,15,17-19,21,24-27,29,31,35,37H,10-12,14,16,20,22-23H2,1-9H3,(H,46,49)(H,51,54)(H,57,58)(H2,48,50,59)/b15-13-/t27?,29-,31-,35+,37-,45-/m1/s1. The summed E-state index contributed by atoms with van der Waals surface area (Å²) in [5.74, 6) is -2.77. The molecule has 6 rings (SSSR count). The van der Waals surface area contributed by atoms with Crippen molar-refractivity contribution >= 4 is 67.1 Å². The molecular weight excluding hydrogens is 877 g/mol. The number of benzene rings is 1. The summed E-state index contributed by atoms with van der Waals surface area (Å²) in [6, 6.07) is 2.67. The van der Waals surface area contributed by atoms with Crippen molar-refractivity contribution < 1.29 is 47.0 Å². The van der Waals surface area contributed by atoms with Gasteiger partial charge in [0.25, 0.3) is 5.91 Å². The molecule has 0 radical (unpaired) electrons. The van der Waals surface area contributed by atoms with Gasteiger partial charge in [0.05, 0.1) is 30.1 Å². The van der Waals surface area contributed by atoms with Gasteiger partial charge in [0.2, 0.25) is 21.8 Å². The van der Waals surface area contributed by atoms with Crippen LogP contribution in [0.25, 0.3) is 22.3 Å². The van der Waals surface area contributed by atoms with Gasteiger partial charge in [-0.2, -0.15) is 0 Å². The highest BCUT2D eigenvalue weighted by Crippen LogP contribution is 2.45. The molecule has 3 aliphatic rings. The van der Waals surface area contributed by atoms with Gasteiger partial charge >= 0.3 is 12.0 Å². The van der Waals surface area contributed by atoms with Gasteiger partial charge in [0, 0.05) is 48.3 Å². The number of ether oxygens (including phenoxy) is 2. The van der Waals surface area contributed by atoms with Crippen molar-refractivity contribution in [3.05, 3.63) is 41.8 Å². The number of amides is 5. The Labute approximate surface area is 384 Å². The molecule has 2 aliphatic heterocycles. The zero-order valence-corrected chi connectivity index (χ0v) is 40.1. The molecule has 1 saturated carbocycles. The zero-order chi connectivity index (χ0) is 47.6. The molecule has 1 aliphatic carbocycles. The lowest BCUT2D eigenvalue weighted by molar-refractivity contribution is -0.145. The number of thiazole rings is 1. The quantitative estimate of drug-likeness (QED) is 0.145. The Hall–Kier alpha value is -5.50. The Morgan fingerprint density at radius 3 is 2.46 bits per heavy atom. The first-order valence-electron chi connectivity index (χ1n) is 22.0. The van der Waals surface area contributed by atoms with Crippen LogP contribution in [0.15, 0.2) is 41.8 Å². The van der Waals surface area contributed by atoms with E-state index in [0.717, 1.165) is 13.5 Å². The molecule has 3 aromatic rings. The predicted molar refractivity (Wildman–Crippen MR) is 247 cm³/mol. The highest BCUT2D eigenvalue weighted by molar-refractivity contribution is 7.90. The van der Waals surface area contributed by atoms with Crippen molar-refractivity contribution in [3.8, 4) is 22.9 Å². The number of urea groups is 1. The van der Waals surface area contributed by atoms with Crippen LogP contribution in [0.5, 0.6) is 11.5 Å². The third kappa shape index (κ3) is 11.0. The van der Waals surface area contributed by atoms with Crippen molar-refractivity contribution in [2.75, 3.05) is 26.0 Å². The van der Waals surface area contributed by atoms with E-state index >= 15 is 0 Å². The van der Waals surface area contributed by atoms with Crippen molar-refractivity contribution in [1.82, 2.24) is 35.1 Å². The molecule has 20 heteroatoms. The van der Waals surface area contributed by atoms with E-state index in [1.807, 2.05) is 31.4 Å². The molecular formula is C45H62N8O10S2. The first-order chi connectivity index (χ1) is 30.5. The van der Waals surface area contributed by atoms with E-state index in [4.69, 9.17) is 19.4 Å². The summed E-state index contributed by atoms with van der Waals surface area (Å²) in [6.07, 6.45) is 5.87. The fourth-order valence-corrected chi connectivity index (χ4v) is 10.0. The molecule has 1 saturated heterocycles.